The second-order valence-electron chi connectivity index (χ2n) is 4.19. The number of benzene rings is 1. The lowest BCUT2D eigenvalue weighted by molar-refractivity contribution is -0.143. The Morgan fingerprint density at radius 1 is 1.50 bits per heavy atom. The van der Waals surface area contributed by atoms with Gasteiger partial charge in [0.05, 0.1) is 13.2 Å². The average molecular weight is 248 g/mol. The molecule has 2 rings (SSSR count). The SMILES string of the molecule is CCOC(=O)CN1Cc2c(C)cccc2NC1=O. The number of aryl methyl sites for hydroxylation is 1. The second-order valence-corrected chi connectivity index (χ2v) is 4.19. The van der Waals surface area contributed by atoms with Gasteiger partial charge in [-0.1, -0.05) is 12.1 Å². The maximum atomic E-state index is 11.8. The summed E-state index contributed by atoms with van der Waals surface area (Å²) in [5, 5.41) is 2.78. The Morgan fingerprint density at radius 3 is 3.00 bits per heavy atom. The van der Waals surface area contributed by atoms with Crippen LogP contribution in [0.4, 0.5) is 10.5 Å². The topological polar surface area (TPSA) is 58.6 Å². The molecule has 0 radical (unpaired) electrons. The van der Waals surface area contributed by atoms with Crippen molar-refractivity contribution in [1.82, 2.24) is 4.90 Å². The third-order valence-corrected chi connectivity index (χ3v) is 2.91. The highest BCUT2D eigenvalue weighted by atomic mass is 16.5. The molecule has 0 bridgehead atoms. The van der Waals surface area contributed by atoms with Crippen LogP contribution < -0.4 is 5.32 Å². The molecular weight excluding hydrogens is 232 g/mol. The first-order chi connectivity index (χ1) is 8.61. The molecule has 5 nitrogen and oxygen atoms in total. The number of nitrogens with one attached hydrogen (secondary N) is 1. The number of anilines is 1. The van der Waals surface area contributed by atoms with Crippen molar-refractivity contribution in [2.45, 2.75) is 20.4 Å². The van der Waals surface area contributed by atoms with Gasteiger partial charge in [-0.3, -0.25) is 4.79 Å². The molecule has 18 heavy (non-hydrogen) atoms. The molecular formula is C13H16N2O3. The molecule has 2 amide bonds. The van der Waals surface area contributed by atoms with Crippen molar-refractivity contribution in [3.05, 3.63) is 29.3 Å². The minimum absolute atomic E-state index is 0.0204. The standard InChI is InChI=1S/C13H16N2O3/c1-3-18-12(16)8-15-7-10-9(2)5-4-6-11(10)14-13(15)17/h4-6H,3,7-8H2,1-2H3,(H,14,17). The van der Waals surface area contributed by atoms with Crippen molar-refractivity contribution in [2.75, 3.05) is 18.5 Å². The third-order valence-electron chi connectivity index (χ3n) is 2.91. The quantitative estimate of drug-likeness (QED) is 0.831. The number of carbonyl (C=O) groups is 2. The molecule has 96 valence electrons. The molecule has 0 spiro atoms. The summed E-state index contributed by atoms with van der Waals surface area (Å²) in [5.74, 6) is -0.385. The summed E-state index contributed by atoms with van der Waals surface area (Å²) < 4.78 is 4.85. The van der Waals surface area contributed by atoms with E-state index in [0.717, 1.165) is 16.8 Å². The average Bonchev–Trinajstić information content (AvgIpc) is 2.31. The summed E-state index contributed by atoms with van der Waals surface area (Å²) in [6.45, 7) is 4.47. The maximum Gasteiger partial charge on any atom is 0.325 e. The van der Waals surface area contributed by atoms with Gasteiger partial charge in [0.2, 0.25) is 0 Å². The third kappa shape index (κ3) is 2.45. The van der Waals surface area contributed by atoms with E-state index in [2.05, 4.69) is 5.32 Å². The van der Waals surface area contributed by atoms with Crippen molar-refractivity contribution < 1.29 is 14.3 Å². The molecule has 1 aliphatic rings. The van der Waals surface area contributed by atoms with E-state index < -0.39 is 0 Å². The van der Waals surface area contributed by atoms with Gasteiger partial charge in [-0.05, 0) is 31.0 Å². The molecule has 5 heteroatoms. The highest BCUT2D eigenvalue weighted by Crippen LogP contribution is 2.25. The summed E-state index contributed by atoms with van der Waals surface area (Å²) in [5.41, 5.74) is 2.96. The first-order valence-corrected chi connectivity index (χ1v) is 5.92. The normalized spacial score (nSPS) is 13.9. The summed E-state index contributed by atoms with van der Waals surface area (Å²) >= 11 is 0. The number of urea groups is 1. The van der Waals surface area contributed by atoms with Crippen LogP contribution >= 0.6 is 0 Å². The predicted molar refractivity (Wildman–Crippen MR) is 67.2 cm³/mol. The van der Waals surface area contributed by atoms with Crippen LogP contribution in [0.2, 0.25) is 0 Å². The number of amides is 2. The number of ether oxygens (including phenoxy) is 1. The first-order valence-electron chi connectivity index (χ1n) is 5.92. The fraction of sp³-hybridized carbons (Fsp3) is 0.385. The number of hydrogen-bond acceptors (Lipinski definition) is 3. The van der Waals surface area contributed by atoms with Crippen LogP contribution in [-0.4, -0.2) is 30.1 Å². The van der Waals surface area contributed by atoms with Crippen molar-refractivity contribution in [1.29, 1.82) is 0 Å². The minimum atomic E-state index is -0.385. The van der Waals surface area contributed by atoms with Crippen LogP contribution in [0.15, 0.2) is 18.2 Å². The molecule has 0 aliphatic carbocycles. The first kappa shape index (κ1) is 12.4. The number of hydrogen-bond donors (Lipinski definition) is 1. The summed E-state index contributed by atoms with van der Waals surface area (Å²) in [4.78, 5) is 24.7. The van der Waals surface area contributed by atoms with E-state index >= 15 is 0 Å². The van der Waals surface area contributed by atoms with Gasteiger partial charge in [-0.25, -0.2) is 4.79 Å². The molecule has 1 heterocycles. The van der Waals surface area contributed by atoms with Crippen LogP contribution in [0.5, 0.6) is 0 Å². The lowest BCUT2D eigenvalue weighted by Gasteiger charge is -2.29. The van der Waals surface area contributed by atoms with Crippen LogP contribution in [0.3, 0.4) is 0 Å². The molecule has 0 unspecified atom stereocenters. The Bertz CT molecular complexity index is 485. The van der Waals surface area contributed by atoms with Crippen molar-refractivity contribution in [3.8, 4) is 0 Å². The Balaban J connectivity index is 2.15. The lowest BCUT2D eigenvalue weighted by atomic mass is 10.0. The van der Waals surface area contributed by atoms with Gasteiger partial charge in [0.1, 0.15) is 6.54 Å². The number of carbonyl (C=O) groups excluding carboxylic acids is 2. The van der Waals surface area contributed by atoms with Gasteiger partial charge >= 0.3 is 12.0 Å². The largest absolute Gasteiger partial charge is 0.465 e. The van der Waals surface area contributed by atoms with Gasteiger partial charge < -0.3 is 15.0 Å². The highest BCUT2D eigenvalue weighted by Gasteiger charge is 2.25. The predicted octanol–water partition coefficient (Wildman–Crippen LogP) is 1.91. The molecule has 0 aromatic heterocycles. The second kappa shape index (κ2) is 5.08. The van der Waals surface area contributed by atoms with E-state index in [9.17, 15) is 9.59 Å². The molecule has 0 saturated heterocycles. The fourth-order valence-corrected chi connectivity index (χ4v) is 1.98. The van der Waals surface area contributed by atoms with Gasteiger partial charge in [-0.15, -0.1) is 0 Å². The molecule has 0 fully saturated rings. The van der Waals surface area contributed by atoms with Crippen LogP contribution in [0, 0.1) is 6.92 Å². The molecule has 1 aliphatic heterocycles. The highest BCUT2D eigenvalue weighted by molar-refractivity contribution is 5.94. The number of esters is 1. The van der Waals surface area contributed by atoms with Crippen LogP contribution in [0.25, 0.3) is 0 Å². The lowest BCUT2D eigenvalue weighted by Crippen LogP contribution is -2.42. The van der Waals surface area contributed by atoms with E-state index in [4.69, 9.17) is 4.74 Å². The van der Waals surface area contributed by atoms with Crippen molar-refractivity contribution in [3.63, 3.8) is 0 Å². The smallest absolute Gasteiger partial charge is 0.325 e. The Hall–Kier alpha value is -2.04. The summed E-state index contributed by atoms with van der Waals surface area (Å²) in [6, 6.07) is 5.48. The zero-order chi connectivity index (χ0) is 13.1. The van der Waals surface area contributed by atoms with Crippen LogP contribution in [-0.2, 0) is 16.1 Å². The van der Waals surface area contributed by atoms with Crippen molar-refractivity contribution >= 4 is 17.7 Å². The molecule has 1 N–H and O–H groups in total. The van der Waals surface area contributed by atoms with E-state index in [1.165, 1.54) is 4.90 Å². The zero-order valence-electron chi connectivity index (χ0n) is 10.5. The Labute approximate surface area is 106 Å². The van der Waals surface area contributed by atoms with Gasteiger partial charge in [-0.2, -0.15) is 0 Å². The summed E-state index contributed by atoms with van der Waals surface area (Å²) in [7, 11) is 0. The fourth-order valence-electron chi connectivity index (χ4n) is 1.98. The molecule has 0 saturated carbocycles. The van der Waals surface area contributed by atoms with E-state index in [1.54, 1.807) is 6.92 Å². The van der Waals surface area contributed by atoms with Gasteiger partial charge in [0, 0.05) is 5.69 Å². The van der Waals surface area contributed by atoms with Crippen molar-refractivity contribution in [2.24, 2.45) is 0 Å². The number of fused-ring (bicyclic) bond motifs is 1. The van der Waals surface area contributed by atoms with E-state index in [0.29, 0.717) is 13.2 Å². The minimum Gasteiger partial charge on any atom is -0.465 e. The monoisotopic (exact) mass is 248 g/mol. The number of nitrogens with zero attached hydrogens (tertiary/aromatic N) is 1. The van der Waals surface area contributed by atoms with Crippen LogP contribution in [0.1, 0.15) is 18.1 Å². The van der Waals surface area contributed by atoms with Gasteiger partial charge in [0.25, 0.3) is 0 Å². The summed E-state index contributed by atoms with van der Waals surface area (Å²) in [6.07, 6.45) is 0. The van der Waals surface area contributed by atoms with E-state index in [-0.39, 0.29) is 18.5 Å². The molecule has 0 atom stereocenters. The zero-order valence-corrected chi connectivity index (χ0v) is 10.5. The number of rotatable bonds is 3. The maximum absolute atomic E-state index is 11.8. The van der Waals surface area contributed by atoms with Gasteiger partial charge in [0.15, 0.2) is 0 Å². The Morgan fingerprint density at radius 2 is 2.28 bits per heavy atom. The molecule has 1 aromatic carbocycles. The molecule has 1 aromatic rings. The van der Waals surface area contributed by atoms with E-state index in [1.807, 2.05) is 25.1 Å². The Kier molecular flexibility index (Phi) is 3.50.